The molecule has 0 spiro atoms. The molecule has 0 aromatic heterocycles. The summed E-state index contributed by atoms with van der Waals surface area (Å²) in [7, 11) is 0. The van der Waals surface area contributed by atoms with Gasteiger partial charge < -0.3 is 0 Å². The molecule has 17 heavy (non-hydrogen) atoms. The van der Waals surface area contributed by atoms with Gasteiger partial charge >= 0.3 is 0 Å². The first-order valence-corrected chi connectivity index (χ1v) is 6.78. The van der Waals surface area contributed by atoms with Gasteiger partial charge in [0.1, 0.15) is 11.6 Å². The number of hydrogen-bond acceptors (Lipinski definition) is 2. The number of carbonyl (C=O) groups is 2. The normalized spacial score (nSPS) is 30.1. The Balaban J connectivity index is 2.81. The second kappa shape index (κ2) is 4.91. The zero-order valence-corrected chi connectivity index (χ0v) is 11.9. The summed E-state index contributed by atoms with van der Waals surface area (Å²) >= 11 is 0. The van der Waals surface area contributed by atoms with Gasteiger partial charge in [0.15, 0.2) is 0 Å². The van der Waals surface area contributed by atoms with Crippen LogP contribution in [0.1, 0.15) is 66.7 Å². The van der Waals surface area contributed by atoms with Crippen LogP contribution >= 0.6 is 0 Å². The van der Waals surface area contributed by atoms with Crippen molar-refractivity contribution in [3.8, 4) is 0 Å². The third-order valence-corrected chi connectivity index (χ3v) is 4.36. The molecule has 0 atom stereocenters. The lowest BCUT2D eigenvalue weighted by molar-refractivity contribution is -0.141. The minimum Gasteiger partial charge on any atom is -0.300 e. The number of Topliss-reactive ketones (excluding diaryl/α,β-unsaturated/α-hetero) is 2. The lowest BCUT2D eigenvalue weighted by atomic mass is 9.61. The molecular formula is C15H26O2. The maximum atomic E-state index is 12.6. The molecule has 1 rings (SSSR count). The topological polar surface area (TPSA) is 34.1 Å². The number of rotatable bonds is 3. The summed E-state index contributed by atoms with van der Waals surface area (Å²) in [6.45, 7) is 9.80. The lowest BCUT2D eigenvalue weighted by Crippen LogP contribution is -2.42. The van der Waals surface area contributed by atoms with Gasteiger partial charge in [-0.15, -0.1) is 0 Å². The highest BCUT2D eigenvalue weighted by Gasteiger charge is 2.44. The Morgan fingerprint density at radius 2 is 1.65 bits per heavy atom. The number of ketones is 2. The third-order valence-electron chi connectivity index (χ3n) is 4.36. The molecule has 0 bridgehead atoms. The van der Waals surface area contributed by atoms with Crippen molar-refractivity contribution >= 4 is 11.6 Å². The Kier molecular flexibility index (Phi) is 4.16. The lowest BCUT2D eigenvalue weighted by Gasteiger charge is -2.41. The zero-order chi connectivity index (χ0) is 13.3. The molecule has 0 saturated heterocycles. The highest BCUT2D eigenvalue weighted by Crippen LogP contribution is 2.46. The molecule has 2 heteroatoms. The molecule has 0 N–H and O–H groups in total. The third kappa shape index (κ3) is 2.97. The van der Waals surface area contributed by atoms with E-state index >= 15 is 0 Å². The van der Waals surface area contributed by atoms with Gasteiger partial charge in [0.05, 0.1) is 0 Å². The van der Waals surface area contributed by atoms with Crippen LogP contribution in [-0.4, -0.2) is 11.6 Å². The van der Waals surface area contributed by atoms with Crippen LogP contribution in [0.3, 0.4) is 0 Å². The summed E-state index contributed by atoms with van der Waals surface area (Å²) in [5, 5.41) is 0. The van der Waals surface area contributed by atoms with Gasteiger partial charge in [-0.1, -0.05) is 27.7 Å². The Morgan fingerprint density at radius 3 is 1.94 bits per heavy atom. The van der Waals surface area contributed by atoms with E-state index in [-0.39, 0.29) is 22.5 Å². The molecule has 0 heterocycles. The van der Waals surface area contributed by atoms with Crippen LogP contribution in [0, 0.1) is 16.7 Å². The molecule has 0 radical (unpaired) electrons. The molecule has 1 saturated carbocycles. The summed E-state index contributed by atoms with van der Waals surface area (Å²) in [6.07, 6.45) is 4.48. The van der Waals surface area contributed by atoms with Crippen LogP contribution in [0.2, 0.25) is 0 Å². The van der Waals surface area contributed by atoms with Crippen molar-refractivity contribution in [2.45, 2.75) is 66.7 Å². The van der Waals surface area contributed by atoms with Crippen molar-refractivity contribution < 1.29 is 9.59 Å². The smallest absolute Gasteiger partial charge is 0.144 e. The molecule has 98 valence electrons. The van der Waals surface area contributed by atoms with E-state index in [0.29, 0.717) is 5.78 Å². The Labute approximate surface area is 105 Å². The van der Waals surface area contributed by atoms with E-state index in [1.54, 1.807) is 6.92 Å². The first-order chi connectivity index (χ1) is 7.73. The van der Waals surface area contributed by atoms with E-state index in [9.17, 15) is 9.59 Å². The summed E-state index contributed by atoms with van der Waals surface area (Å²) in [4.78, 5) is 23.9. The molecular weight excluding hydrogens is 212 g/mol. The van der Waals surface area contributed by atoms with Gasteiger partial charge in [-0.2, -0.15) is 0 Å². The van der Waals surface area contributed by atoms with E-state index < -0.39 is 0 Å². The largest absolute Gasteiger partial charge is 0.300 e. The molecule has 1 aliphatic rings. The highest BCUT2D eigenvalue weighted by atomic mass is 16.1. The summed E-state index contributed by atoms with van der Waals surface area (Å²) in [5.41, 5.74) is -0.427. The minimum atomic E-state index is -0.265. The Hall–Kier alpha value is -0.660. The second-order valence-electron chi connectivity index (χ2n) is 6.60. The van der Waals surface area contributed by atoms with E-state index in [4.69, 9.17) is 0 Å². The average molecular weight is 238 g/mol. The van der Waals surface area contributed by atoms with Crippen LogP contribution in [0.15, 0.2) is 0 Å². The second-order valence-corrected chi connectivity index (χ2v) is 6.60. The predicted molar refractivity (Wildman–Crippen MR) is 69.8 cm³/mol. The average Bonchev–Trinajstić information content (AvgIpc) is 2.26. The fraction of sp³-hybridized carbons (Fsp3) is 0.867. The van der Waals surface area contributed by atoms with Crippen molar-refractivity contribution in [2.24, 2.45) is 16.7 Å². The number of carbonyl (C=O) groups excluding carboxylic acids is 2. The van der Waals surface area contributed by atoms with Crippen molar-refractivity contribution in [3.05, 3.63) is 0 Å². The highest BCUT2D eigenvalue weighted by molar-refractivity contribution is 5.89. The van der Waals surface area contributed by atoms with Gasteiger partial charge in [-0.25, -0.2) is 0 Å². The molecule has 0 amide bonds. The molecule has 0 aromatic rings. The van der Waals surface area contributed by atoms with Gasteiger partial charge in [0.2, 0.25) is 0 Å². The van der Waals surface area contributed by atoms with Gasteiger partial charge in [0.25, 0.3) is 0 Å². The Bertz CT molecular complexity index is 301. The van der Waals surface area contributed by atoms with Crippen LogP contribution < -0.4 is 0 Å². The van der Waals surface area contributed by atoms with Crippen LogP contribution in [0.4, 0.5) is 0 Å². The van der Waals surface area contributed by atoms with Crippen LogP contribution in [0.25, 0.3) is 0 Å². The van der Waals surface area contributed by atoms with E-state index in [0.717, 1.165) is 32.1 Å². The molecule has 0 unspecified atom stereocenters. The first kappa shape index (κ1) is 14.4. The molecule has 2 nitrogen and oxygen atoms in total. The maximum absolute atomic E-state index is 12.6. The van der Waals surface area contributed by atoms with Gasteiger partial charge in [-0.05, 0) is 39.0 Å². The van der Waals surface area contributed by atoms with E-state index in [1.807, 2.05) is 20.8 Å². The molecule has 0 aliphatic heterocycles. The SMILES string of the molecule is CCC1(C(=O)C(C)(C)C)CCC(C(C)=O)CC1. The van der Waals surface area contributed by atoms with Crippen molar-refractivity contribution in [2.75, 3.05) is 0 Å². The number of hydrogen-bond donors (Lipinski definition) is 0. The van der Waals surface area contributed by atoms with Crippen LogP contribution in [-0.2, 0) is 9.59 Å². The maximum Gasteiger partial charge on any atom is 0.144 e. The molecule has 1 fully saturated rings. The van der Waals surface area contributed by atoms with Crippen molar-refractivity contribution in [1.29, 1.82) is 0 Å². The molecule has 1 aliphatic carbocycles. The van der Waals surface area contributed by atoms with E-state index in [1.165, 1.54) is 0 Å². The van der Waals surface area contributed by atoms with Crippen molar-refractivity contribution in [1.82, 2.24) is 0 Å². The fourth-order valence-corrected chi connectivity index (χ4v) is 3.11. The van der Waals surface area contributed by atoms with Gasteiger partial charge in [0, 0.05) is 16.7 Å². The first-order valence-electron chi connectivity index (χ1n) is 6.78. The standard InChI is InChI=1S/C15H26O2/c1-6-15(13(17)14(3,4)5)9-7-12(8-10-15)11(2)16/h12H,6-10H2,1-5H3. The Morgan fingerprint density at radius 1 is 1.18 bits per heavy atom. The van der Waals surface area contributed by atoms with Crippen molar-refractivity contribution in [3.63, 3.8) is 0 Å². The quantitative estimate of drug-likeness (QED) is 0.750. The van der Waals surface area contributed by atoms with Crippen LogP contribution in [0.5, 0.6) is 0 Å². The summed E-state index contributed by atoms with van der Waals surface area (Å²) in [6, 6.07) is 0. The monoisotopic (exact) mass is 238 g/mol. The van der Waals surface area contributed by atoms with Gasteiger partial charge in [-0.3, -0.25) is 9.59 Å². The predicted octanol–water partition coefficient (Wildman–Crippen LogP) is 3.78. The zero-order valence-electron chi connectivity index (χ0n) is 11.9. The summed E-state index contributed by atoms with van der Waals surface area (Å²) < 4.78 is 0. The summed E-state index contributed by atoms with van der Waals surface area (Å²) in [5.74, 6) is 0.870. The minimum absolute atomic E-state index is 0.162. The molecule has 0 aromatic carbocycles. The fourth-order valence-electron chi connectivity index (χ4n) is 3.11. The van der Waals surface area contributed by atoms with E-state index in [2.05, 4.69) is 6.92 Å².